The van der Waals surface area contributed by atoms with Gasteiger partial charge in [-0.1, -0.05) is 6.07 Å². The Morgan fingerprint density at radius 1 is 1.47 bits per heavy atom. The molecule has 2 rings (SSSR count). The molecule has 2 N–H and O–H groups in total. The molecule has 100 valence electrons. The molecule has 5 nitrogen and oxygen atoms in total. The van der Waals surface area contributed by atoms with Crippen molar-refractivity contribution in [3.63, 3.8) is 0 Å². The number of nitrogens with zero attached hydrogens (tertiary/aromatic N) is 2. The number of ether oxygens (including phenoxy) is 1. The van der Waals surface area contributed by atoms with Crippen LogP contribution in [0.25, 0.3) is 0 Å². The van der Waals surface area contributed by atoms with E-state index in [0.717, 1.165) is 17.0 Å². The first kappa shape index (κ1) is 13.4. The molecule has 0 saturated carbocycles. The van der Waals surface area contributed by atoms with E-state index in [1.54, 1.807) is 18.0 Å². The predicted molar refractivity (Wildman–Crippen MR) is 79.3 cm³/mol. The van der Waals surface area contributed by atoms with Gasteiger partial charge >= 0.3 is 0 Å². The molecule has 0 aliphatic rings. The summed E-state index contributed by atoms with van der Waals surface area (Å²) in [4.78, 5) is 0. The summed E-state index contributed by atoms with van der Waals surface area (Å²) in [6, 6.07) is 7.61. The smallest absolute Gasteiger partial charge is 0.171 e. The van der Waals surface area contributed by atoms with Gasteiger partial charge in [0.2, 0.25) is 0 Å². The van der Waals surface area contributed by atoms with Gasteiger partial charge in [0.15, 0.2) is 5.11 Å². The summed E-state index contributed by atoms with van der Waals surface area (Å²) in [5.41, 5.74) is 1.97. The van der Waals surface area contributed by atoms with Crippen LogP contribution in [-0.4, -0.2) is 22.0 Å². The van der Waals surface area contributed by atoms with Gasteiger partial charge in [-0.2, -0.15) is 5.10 Å². The summed E-state index contributed by atoms with van der Waals surface area (Å²) in [6.07, 6.45) is 3.75. The SMILES string of the molecule is COc1cccc(NC(=S)NCc2cnn(C)c2)c1. The third kappa shape index (κ3) is 3.96. The third-order valence-corrected chi connectivity index (χ3v) is 2.79. The number of aromatic nitrogens is 2. The van der Waals surface area contributed by atoms with Crippen molar-refractivity contribution in [2.75, 3.05) is 12.4 Å². The first-order valence-electron chi connectivity index (χ1n) is 5.84. The van der Waals surface area contributed by atoms with Crippen LogP contribution in [0.5, 0.6) is 5.75 Å². The summed E-state index contributed by atoms with van der Waals surface area (Å²) >= 11 is 5.23. The fourth-order valence-electron chi connectivity index (χ4n) is 1.62. The van der Waals surface area contributed by atoms with Gasteiger partial charge < -0.3 is 15.4 Å². The lowest BCUT2D eigenvalue weighted by Crippen LogP contribution is -2.27. The fraction of sp³-hybridized carbons (Fsp3) is 0.231. The van der Waals surface area contributed by atoms with Crippen LogP contribution in [0.3, 0.4) is 0 Å². The average Bonchev–Trinajstić information content (AvgIpc) is 2.82. The van der Waals surface area contributed by atoms with E-state index in [-0.39, 0.29) is 0 Å². The standard InChI is InChI=1S/C13H16N4OS/c1-17-9-10(8-15-17)7-14-13(19)16-11-4-3-5-12(6-11)18-2/h3-6,8-9H,7H2,1-2H3,(H2,14,16,19). The van der Waals surface area contributed by atoms with Crippen LogP contribution in [0.1, 0.15) is 5.56 Å². The predicted octanol–water partition coefficient (Wildman–Crippen LogP) is 1.92. The van der Waals surface area contributed by atoms with Crippen LogP contribution in [0, 0.1) is 0 Å². The van der Waals surface area contributed by atoms with Crippen LogP contribution in [0.15, 0.2) is 36.7 Å². The quantitative estimate of drug-likeness (QED) is 0.836. The maximum Gasteiger partial charge on any atom is 0.171 e. The molecule has 2 aromatic rings. The molecule has 1 aromatic carbocycles. The minimum atomic E-state index is 0.567. The maximum absolute atomic E-state index is 5.23. The molecule has 19 heavy (non-hydrogen) atoms. The van der Waals surface area contributed by atoms with Crippen molar-refractivity contribution < 1.29 is 4.74 Å². The Morgan fingerprint density at radius 2 is 2.32 bits per heavy atom. The Kier molecular flexibility index (Phi) is 4.35. The average molecular weight is 276 g/mol. The van der Waals surface area contributed by atoms with E-state index in [1.807, 2.05) is 37.5 Å². The first-order valence-corrected chi connectivity index (χ1v) is 6.24. The van der Waals surface area contributed by atoms with E-state index < -0.39 is 0 Å². The second kappa shape index (κ2) is 6.19. The van der Waals surface area contributed by atoms with Crippen LogP contribution < -0.4 is 15.4 Å². The lowest BCUT2D eigenvalue weighted by Gasteiger charge is -2.10. The highest BCUT2D eigenvalue weighted by molar-refractivity contribution is 7.80. The fourth-order valence-corrected chi connectivity index (χ4v) is 1.81. The minimum Gasteiger partial charge on any atom is -0.497 e. The molecular weight excluding hydrogens is 260 g/mol. The lowest BCUT2D eigenvalue weighted by atomic mass is 10.3. The zero-order valence-electron chi connectivity index (χ0n) is 10.9. The van der Waals surface area contributed by atoms with Crippen molar-refractivity contribution in [3.05, 3.63) is 42.2 Å². The zero-order valence-corrected chi connectivity index (χ0v) is 11.7. The van der Waals surface area contributed by atoms with Crippen molar-refractivity contribution in [2.45, 2.75) is 6.54 Å². The molecule has 0 radical (unpaired) electrons. The van der Waals surface area contributed by atoms with Gasteiger partial charge in [0, 0.05) is 37.1 Å². The van der Waals surface area contributed by atoms with E-state index in [4.69, 9.17) is 17.0 Å². The van der Waals surface area contributed by atoms with Crippen LogP contribution >= 0.6 is 12.2 Å². The van der Waals surface area contributed by atoms with Gasteiger partial charge in [0.05, 0.1) is 13.3 Å². The summed E-state index contributed by atoms with van der Waals surface area (Å²) < 4.78 is 6.91. The highest BCUT2D eigenvalue weighted by Gasteiger charge is 2.00. The van der Waals surface area contributed by atoms with E-state index in [2.05, 4.69) is 15.7 Å². The molecule has 0 fully saturated rings. The molecule has 0 aliphatic carbocycles. The number of hydrogen-bond donors (Lipinski definition) is 2. The van der Waals surface area contributed by atoms with E-state index in [1.165, 1.54) is 0 Å². The second-order valence-electron chi connectivity index (χ2n) is 4.06. The number of aryl methyl sites for hydroxylation is 1. The van der Waals surface area contributed by atoms with Crippen LogP contribution in [-0.2, 0) is 13.6 Å². The molecule has 0 atom stereocenters. The molecule has 0 unspecified atom stereocenters. The molecule has 0 saturated heterocycles. The summed E-state index contributed by atoms with van der Waals surface area (Å²) in [5.74, 6) is 0.792. The van der Waals surface area contributed by atoms with Gasteiger partial charge in [-0.15, -0.1) is 0 Å². The van der Waals surface area contributed by atoms with E-state index in [0.29, 0.717) is 11.7 Å². The van der Waals surface area contributed by atoms with E-state index >= 15 is 0 Å². The second-order valence-corrected chi connectivity index (χ2v) is 4.47. The van der Waals surface area contributed by atoms with Crippen LogP contribution in [0.2, 0.25) is 0 Å². The zero-order chi connectivity index (χ0) is 13.7. The largest absolute Gasteiger partial charge is 0.497 e. The molecule has 0 aliphatic heterocycles. The van der Waals surface area contributed by atoms with Crippen molar-refractivity contribution in [1.82, 2.24) is 15.1 Å². The first-order chi connectivity index (χ1) is 9.17. The Balaban J connectivity index is 1.86. The molecule has 1 heterocycles. The normalized spacial score (nSPS) is 10.0. The Morgan fingerprint density at radius 3 is 3.00 bits per heavy atom. The van der Waals surface area contributed by atoms with Crippen LogP contribution in [0.4, 0.5) is 5.69 Å². The summed E-state index contributed by atoms with van der Waals surface area (Å²) in [7, 11) is 3.52. The summed E-state index contributed by atoms with van der Waals surface area (Å²) in [6.45, 7) is 0.643. The van der Waals surface area contributed by atoms with Gasteiger partial charge in [-0.3, -0.25) is 4.68 Å². The van der Waals surface area contributed by atoms with Crippen molar-refractivity contribution in [1.29, 1.82) is 0 Å². The summed E-state index contributed by atoms with van der Waals surface area (Å²) in [5, 5.41) is 10.9. The maximum atomic E-state index is 5.23. The number of rotatable bonds is 4. The highest BCUT2D eigenvalue weighted by Crippen LogP contribution is 2.16. The number of nitrogens with one attached hydrogen (secondary N) is 2. The molecule has 1 aromatic heterocycles. The van der Waals surface area contributed by atoms with Gasteiger partial charge in [0.1, 0.15) is 5.75 Å². The molecular formula is C13H16N4OS. The van der Waals surface area contributed by atoms with Crippen molar-refractivity contribution in [2.24, 2.45) is 7.05 Å². The molecule has 6 heteroatoms. The monoisotopic (exact) mass is 276 g/mol. The Labute approximate surface area is 117 Å². The Bertz CT molecular complexity index is 567. The third-order valence-electron chi connectivity index (χ3n) is 2.54. The number of anilines is 1. The van der Waals surface area contributed by atoms with Crippen molar-refractivity contribution >= 4 is 23.0 Å². The van der Waals surface area contributed by atoms with Gasteiger partial charge in [-0.25, -0.2) is 0 Å². The number of methoxy groups -OCH3 is 1. The lowest BCUT2D eigenvalue weighted by molar-refractivity contribution is 0.415. The topological polar surface area (TPSA) is 51.1 Å². The molecule has 0 spiro atoms. The highest BCUT2D eigenvalue weighted by atomic mass is 32.1. The van der Waals surface area contributed by atoms with Gasteiger partial charge in [-0.05, 0) is 24.4 Å². The minimum absolute atomic E-state index is 0.567. The number of thiocarbonyl (C=S) groups is 1. The van der Waals surface area contributed by atoms with Gasteiger partial charge in [0.25, 0.3) is 0 Å². The number of hydrogen-bond acceptors (Lipinski definition) is 3. The Hall–Kier alpha value is -2.08. The van der Waals surface area contributed by atoms with E-state index in [9.17, 15) is 0 Å². The van der Waals surface area contributed by atoms with Crippen molar-refractivity contribution in [3.8, 4) is 5.75 Å². The molecule has 0 bridgehead atoms. The molecule has 0 amide bonds. The number of benzene rings is 1.